The van der Waals surface area contributed by atoms with Crippen molar-refractivity contribution in [2.45, 2.75) is 23.2 Å². The van der Waals surface area contributed by atoms with E-state index in [1.165, 1.54) is 19.4 Å². The number of ether oxygens (including phenoxy) is 2. The Hall–Kier alpha value is -2.45. The van der Waals surface area contributed by atoms with Gasteiger partial charge in [-0.15, -0.1) is 0 Å². The van der Waals surface area contributed by atoms with Crippen molar-refractivity contribution in [1.29, 1.82) is 0 Å². The number of rotatable bonds is 3. The number of carbonyl (C=O) groups excluding carboxylic acids is 1. The van der Waals surface area contributed by atoms with E-state index in [1.807, 2.05) is 42.5 Å². The fraction of sp³-hybridized carbons (Fsp3) is 0.250. The SMILES string of the molecule is COC(=O)C1C(c2ccccc2)[C@]2(c3ccc(Br)cc3)Oc3cc(Cl)cnc3[C@@]1(O)C2O. The van der Waals surface area contributed by atoms with Crippen LogP contribution in [-0.2, 0) is 20.7 Å². The smallest absolute Gasteiger partial charge is 0.312 e. The number of hydrogen-bond donors (Lipinski definition) is 2. The molecule has 6 nitrogen and oxygen atoms in total. The van der Waals surface area contributed by atoms with Crippen LogP contribution in [0.5, 0.6) is 5.75 Å². The average molecular weight is 517 g/mol. The fourth-order valence-electron chi connectivity index (χ4n) is 5.20. The van der Waals surface area contributed by atoms with E-state index in [9.17, 15) is 15.0 Å². The van der Waals surface area contributed by atoms with Crippen molar-refractivity contribution in [3.63, 3.8) is 0 Å². The average Bonchev–Trinajstić information content (AvgIpc) is 2.93. The molecule has 2 aliphatic rings. The van der Waals surface area contributed by atoms with Gasteiger partial charge in [-0.05, 0) is 23.3 Å². The molecule has 2 bridgehead atoms. The molecular weight excluding hydrogens is 498 g/mol. The van der Waals surface area contributed by atoms with Gasteiger partial charge in [0, 0.05) is 22.7 Å². The summed E-state index contributed by atoms with van der Waals surface area (Å²) in [5.41, 5.74) is -2.22. The second-order valence-electron chi connectivity index (χ2n) is 8.02. The van der Waals surface area contributed by atoms with Crippen LogP contribution in [0.25, 0.3) is 0 Å². The largest absolute Gasteiger partial charge is 0.477 e. The molecule has 3 unspecified atom stereocenters. The number of hydrogen-bond acceptors (Lipinski definition) is 6. The van der Waals surface area contributed by atoms with E-state index in [0.717, 1.165) is 4.47 Å². The lowest BCUT2D eigenvalue weighted by atomic mass is 9.75. The number of benzene rings is 2. The highest BCUT2D eigenvalue weighted by atomic mass is 79.9. The van der Waals surface area contributed by atoms with E-state index in [4.69, 9.17) is 21.1 Å². The lowest BCUT2D eigenvalue weighted by Crippen LogP contribution is -2.55. The Morgan fingerprint density at radius 3 is 2.53 bits per heavy atom. The van der Waals surface area contributed by atoms with Crippen LogP contribution in [0.15, 0.2) is 71.3 Å². The maximum atomic E-state index is 13.2. The van der Waals surface area contributed by atoms with E-state index in [-0.39, 0.29) is 11.4 Å². The molecule has 1 aliphatic carbocycles. The molecule has 5 rings (SSSR count). The second kappa shape index (κ2) is 7.56. The molecule has 2 heterocycles. The molecule has 0 saturated heterocycles. The van der Waals surface area contributed by atoms with Crippen molar-refractivity contribution in [2.75, 3.05) is 7.11 Å². The Balaban J connectivity index is 1.88. The minimum absolute atomic E-state index is 0.0518. The number of pyridine rings is 1. The van der Waals surface area contributed by atoms with Crippen LogP contribution in [-0.4, -0.2) is 34.4 Å². The van der Waals surface area contributed by atoms with Gasteiger partial charge in [0.15, 0.2) is 11.2 Å². The van der Waals surface area contributed by atoms with Crippen LogP contribution >= 0.6 is 27.5 Å². The van der Waals surface area contributed by atoms with Gasteiger partial charge < -0.3 is 19.7 Å². The molecule has 8 heteroatoms. The minimum Gasteiger partial charge on any atom is -0.477 e. The highest BCUT2D eigenvalue weighted by Gasteiger charge is 2.76. The fourth-order valence-corrected chi connectivity index (χ4v) is 5.61. The van der Waals surface area contributed by atoms with E-state index >= 15 is 0 Å². The van der Waals surface area contributed by atoms with E-state index < -0.39 is 35.1 Å². The van der Waals surface area contributed by atoms with Gasteiger partial charge in [0.2, 0.25) is 0 Å². The molecule has 5 atom stereocenters. The van der Waals surface area contributed by atoms with Crippen LogP contribution in [0.2, 0.25) is 5.02 Å². The van der Waals surface area contributed by atoms with Gasteiger partial charge in [0.1, 0.15) is 23.5 Å². The Morgan fingerprint density at radius 1 is 1.19 bits per heavy atom. The quantitative estimate of drug-likeness (QED) is 0.513. The zero-order valence-electron chi connectivity index (χ0n) is 16.9. The van der Waals surface area contributed by atoms with Gasteiger partial charge in [-0.3, -0.25) is 9.78 Å². The first-order valence-corrected chi connectivity index (χ1v) is 11.2. The Labute approximate surface area is 197 Å². The Morgan fingerprint density at radius 2 is 1.88 bits per heavy atom. The maximum Gasteiger partial charge on any atom is 0.312 e. The van der Waals surface area contributed by atoms with E-state index in [1.54, 1.807) is 12.1 Å². The summed E-state index contributed by atoms with van der Waals surface area (Å²) >= 11 is 9.61. The standard InChI is InChI=1S/C24H19BrClNO5/c1-31-21(28)19-18(13-5-3-2-4-6-13)24(14-7-9-15(25)10-8-14)22(29)23(19,30)20-17(32-24)11-16(26)12-27-20/h2-12,18-19,22,29-30H,1H3/t18?,19?,22?,23-,24+/m1/s1. The van der Waals surface area contributed by atoms with Crippen LogP contribution in [0.1, 0.15) is 22.7 Å². The van der Waals surface area contributed by atoms with Crippen LogP contribution in [0.3, 0.4) is 0 Å². The number of halogens is 2. The number of esters is 1. The lowest BCUT2D eigenvalue weighted by molar-refractivity contribution is -0.173. The third-order valence-corrected chi connectivity index (χ3v) is 7.21. The Bertz CT molecular complexity index is 1190. The first kappa shape index (κ1) is 21.4. The van der Waals surface area contributed by atoms with Gasteiger partial charge in [-0.1, -0.05) is 70.0 Å². The summed E-state index contributed by atoms with van der Waals surface area (Å²) in [7, 11) is 1.26. The molecule has 3 aromatic rings. The number of aliphatic hydroxyl groups is 2. The zero-order valence-corrected chi connectivity index (χ0v) is 19.2. The molecule has 1 aromatic heterocycles. The topological polar surface area (TPSA) is 88.9 Å². The zero-order chi connectivity index (χ0) is 22.7. The van der Waals surface area contributed by atoms with Gasteiger partial charge in [0.05, 0.1) is 12.1 Å². The molecule has 1 aliphatic heterocycles. The summed E-state index contributed by atoms with van der Waals surface area (Å²) < 4.78 is 12.5. The summed E-state index contributed by atoms with van der Waals surface area (Å²) in [4.78, 5) is 17.5. The first-order valence-electron chi connectivity index (χ1n) is 9.98. The summed E-state index contributed by atoms with van der Waals surface area (Å²) in [5.74, 6) is -2.44. The van der Waals surface area contributed by atoms with Crippen molar-refractivity contribution < 1.29 is 24.5 Å². The predicted octanol–water partition coefficient (Wildman–Crippen LogP) is 3.92. The van der Waals surface area contributed by atoms with Crippen LogP contribution in [0.4, 0.5) is 0 Å². The van der Waals surface area contributed by atoms with E-state index in [0.29, 0.717) is 16.1 Å². The molecule has 0 radical (unpaired) electrons. The summed E-state index contributed by atoms with van der Waals surface area (Å²) in [6.07, 6.45) is -0.169. The maximum absolute atomic E-state index is 13.2. The molecule has 2 N–H and O–H groups in total. The second-order valence-corrected chi connectivity index (χ2v) is 9.37. The lowest BCUT2D eigenvalue weighted by Gasteiger charge is -2.44. The number of methoxy groups -OCH3 is 1. The van der Waals surface area contributed by atoms with Gasteiger partial charge >= 0.3 is 5.97 Å². The van der Waals surface area contributed by atoms with Gasteiger partial charge in [0.25, 0.3) is 0 Å². The monoisotopic (exact) mass is 515 g/mol. The summed E-state index contributed by atoms with van der Waals surface area (Å²) in [6, 6.07) is 18.0. The molecule has 32 heavy (non-hydrogen) atoms. The summed E-state index contributed by atoms with van der Waals surface area (Å²) in [5, 5.41) is 24.1. The van der Waals surface area contributed by atoms with Crippen molar-refractivity contribution in [3.8, 4) is 5.75 Å². The third-order valence-electron chi connectivity index (χ3n) is 6.48. The van der Waals surface area contributed by atoms with Crippen molar-refractivity contribution >= 4 is 33.5 Å². The Kier molecular flexibility index (Phi) is 5.05. The molecular formula is C24H19BrClNO5. The van der Waals surface area contributed by atoms with E-state index in [2.05, 4.69) is 20.9 Å². The molecule has 2 aromatic carbocycles. The number of carbonyl (C=O) groups is 1. The van der Waals surface area contributed by atoms with Crippen molar-refractivity contribution in [2.24, 2.45) is 5.92 Å². The molecule has 0 spiro atoms. The highest BCUT2D eigenvalue weighted by molar-refractivity contribution is 9.10. The van der Waals surface area contributed by atoms with Crippen molar-refractivity contribution in [1.82, 2.24) is 4.98 Å². The molecule has 0 amide bonds. The predicted molar refractivity (Wildman–Crippen MR) is 120 cm³/mol. The van der Waals surface area contributed by atoms with Crippen LogP contribution in [0, 0.1) is 5.92 Å². The molecule has 1 saturated carbocycles. The third kappa shape index (κ3) is 2.78. The molecule has 1 fully saturated rings. The number of fused-ring (bicyclic) bond motifs is 4. The number of nitrogens with zero attached hydrogens (tertiary/aromatic N) is 1. The van der Waals surface area contributed by atoms with Crippen molar-refractivity contribution in [3.05, 3.63) is 93.2 Å². The van der Waals surface area contributed by atoms with Crippen LogP contribution < -0.4 is 4.74 Å². The first-order chi connectivity index (χ1) is 15.3. The number of aliphatic hydroxyl groups excluding tert-OH is 1. The normalized spacial score (nSPS) is 30.3. The minimum atomic E-state index is -2.07. The molecule has 164 valence electrons. The van der Waals surface area contributed by atoms with Gasteiger partial charge in [-0.2, -0.15) is 0 Å². The highest BCUT2D eigenvalue weighted by Crippen LogP contribution is 2.66. The van der Waals surface area contributed by atoms with Gasteiger partial charge in [-0.25, -0.2) is 0 Å². The summed E-state index contributed by atoms with van der Waals surface area (Å²) in [6.45, 7) is 0. The number of aromatic nitrogens is 1.